The largest absolute Gasteiger partial charge is 0.298 e. The third kappa shape index (κ3) is 6.78. The van der Waals surface area contributed by atoms with Crippen LogP contribution in [0.25, 0.3) is 0 Å². The van der Waals surface area contributed by atoms with E-state index in [2.05, 4.69) is 43.5 Å². The highest BCUT2D eigenvalue weighted by atomic mass is 79.9. The predicted molar refractivity (Wildman–Crippen MR) is 142 cm³/mol. The van der Waals surface area contributed by atoms with Crippen molar-refractivity contribution in [2.45, 2.75) is 24.3 Å². The normalized spacial score (nSPS) is 14.4. The van der Waals surface area contributed by atoms with E-state index >= 15 is 0 Å². The zero-order valence-electron chi connectivity index (χ0n) is 19.2. The first-order chi connectivity index (χ1) is 16.9. The molecule has 1 heterocycles. The standard InChI is InChI=1S/C26H27BrN4O3S/c27-22-11-13-24(14-12-22)31(35(33,34)25-9-5-2-6-10-25)20-26(32)29-28-23-15-17-30(18-16-23)19-21-7-3-1-4-8-21/h1-14H,15-20H2,(H,29,32). The van der Waals surface area contributed by atoms with Gasteiger partial charge in [-0.3, -0.25) is 14.0 Å². The maximum Gasteiger partial charge on any atom is 0.264 e. The molecule has 4 rings (SSSR count). The van der Waals surface area contributed by atoms with E-state index in [0.29, 0.717) is 5.69 Å². The number of hydrazone groups is 1. The lowest BCUT2D eigenvalue weighted by molar-refractivity contribution is -0.119. The molecule has 3 aromatic rings. The zero-order chi connectivity index (χ0) is 24.7. The molecular weight excluding hydrogens is 528 g/mol. The molecule has 0 unspecified atom stereocenters. The van der Waals surface area contributed by atoms with Gasteiger partial charge in [0.05, 0.1) is 10.6 Å². The van der Waals surface area contributed by atoms with Crippen molar-refractivity contribution in [2.24, 2.45) is 5.10 Å². The number of amides is 1. The van der Waals surface area contributed by atoms with Gasteiger partial charge in [-0.1, -0.05) is 64.5 Å². The smallest absolute Gasteiger partial charge is 0.264 e. The number of nitrogens with zero attached hydrogens (tertiary/aromatic N) is 3. The number of nitrogens with one attached hydrogen (secondary N) is 1. The van der Waals surface area contributed by atoms with Gasteiger partial charge in [0, 0.05) is 42.7 Å². The van der Waals surface area contributed by atoms with E-state index in [9.17, 15) is 13.2 Å². The molecule has 1 aliphatic rings. The Balaban J connectivity index is 1.40. The maximum atomic E-state index is 13.3. The molecule has 0 aliphatic carbocycles. The van der Waals surface area contributed by atoms with Gasteiger partial charge in [-0.15, -0.1) is 0 Å². The minimum atomic E-state index is -3.94. The third-order valence-electron chi connectivity index (χ3n) is 5.75. The van der Waals surface area contributed by atoms with Crippen LogP contribution in [0.5, 0.6) is 0 Å². The second-order valence-corrected chi connectivity index (χ2v) is 11.1. The van der Waals surface area contributed by atoms with Crippen molar-refractivity contribution in [1.29, 1.82) is 0 Å². The summed E-state index contributed by atoms with van der Waals surface area (Å²) in [4.78, 5) is 15.3. The number of likely N-dealkylation sites (tertiary alicyclic amines) is 1. The Labute approximate surface area is 214 Å². The van der Waals surface area contributed by atoms with Gasteiger partial charge in [0.15, 0.2) is 0 Å². The van der Waals surface area contributed by atoms with Crippen LogP contribution in [0.1, 0.15) is 18.4 Å². The van der Waals surface area contributed by atoms with Crippen molar-refractivity contribution in [2.75, 3.05) is 23.9 Å². The second-order valence-electron chi connectivity index (χ2n) is 8.28. The number of hydrogen-bond donors (Lipinski definition) is 1. The molecule has 3 aromatic carbocycles. The average Bonchev–Trinajstić information content (AvgIpc) is 2.88. The Morgan fingerprint density at radius 3 is 2.14 bits per heavy atom. The second kappa shape index (κ2) is 11.6. The fourth-order valence-corrected chi connectivity index (χ4v) is 5.58. The van der Waals surface area contributed by atoms with Crippen LogP contribution in [0, 0.1) is 0 Å². The Morgan fingerprint density at radius 1 is 0.914 bits per heavy atom. The predicted octanol–water partition coefficient (Wildman–Crippen LogP) is 4.41. The van der Waals surface area contributed by atoms with Gasteiger partial charge in [0.25, 0.3) is 15.9 Å². The van der Waals surface area contributed by atoms with Crippen molar-refractivity contribution in [3.8, 4) is 0 Å². The molecule has 0 saturated carbocycles. The molecule has 0 radical (unpaired) electrons. The molecule has 1 N–H and O–H groups in total. The topological polar surface area (TPSA) is 82.1 Å². The summed E-state index contributed by atoms with van der Waals surface area (Å²) in [6, 6.07) is 25.2. The number of halogens is 1. The Hall–Kier alpha value is -3.01. The molecule has 9 heteroatoms. The molecule has 1 aliphatic heterocycles. The molecule has 0 spiro atoms. The highest BCUT2D eigenvalue weighted by Gasteiger charge is 2.27. The molecule has 35 heavy (non-hydrogen) atoms. The molecule has 182 valence electrons. The zero-order valence-corrected chi connectivity index (χ0v) is 21.6. The van der Waals surface area contributed by atoms with Gasteiger partial charge in [-0.25, -0.2) is 13.8 Å². The summed E-state index contributed by atoms with van der Waals surface area (Å²) in [6.45, 7) is 2.23. The highest BCUT2D eigenvalue weighted by molar-refractivity contribution is 9.10. The van der Waals surface area contributed by atoms with Crippen LogP contribution < -0.4 is 9.73 Å². The Bertz CT molecular complexity index is 1260. The molecule has 1 amide bonds. The van der Waals surface area contributed by atoms with E-state index in [-0.39, 0.29) is 11.4 Å². The van der Waals surface area contributed by atoms with Crippen molar-refractivity contribution in [3.63, 3.8) is 0 Å². The maximum absolute atomic E-state index is 13.3. The summed E-state index contributed by atoms with van der Waals surface area (Å²) in [6.07, 6.45) is 1.51. The van der Waals surface area contributed by atoms with Crippen LogP contribution in [0.15, 0.2) is 99.4 Å². The van der Waals surface area contributed by atoms with Crippen LogP contribution in [0.2, 0.25) is 0 Å². The highest BCUT2D eigenvalue weighted by Crippen LogP contribution is 2.25. The fraction of sp³-hybridized carbons (Fsp3) is 0.231. The number of piperidine rings is 1. The van der Waals surface area contributed by atoms with Gasteiger partial charge < -0.3 is 0 Å². The van der Waals surface area contributed by atoms with Crippen LogP contribution in [-0.2, 0) is 21.4 Å². The molecule has 0 aromatic heterocycles. The molecule has 0 atom stereocenters. The first kappa shape index (κ1) is 25.1. The monoisotopic (exact) mass is 554 g/mol. The van der Waals surface area contributed by atoms with Gasteiger partial charge >= 0.3 is 0 Å². The van der Waals surface area contributed by atoms with Crippen LogP contribution in [0.4, 0.5) is 5.69 Å². The molecule has 0 bridgehead atoms. The SMILES string of the molecule is O=C(CN(c1ccc(Br)cc1)S(=O)(=O)c1ccccc1)NN=C1CCN(Cc2ccccc2)CC1. The van der Waals surface area contributed by atoms with E-state index in [1.807, 2.05) is 18.2 Å². The first-order valence-corrected chi connectivity index (χ1v) is 13.6. The van der Waals surface area contributed by atoms with Crippen molar-refractivity contribution in [3.05, 3.63) is 95.0 Å². The summed E-state index contributed by atoms with van der Waals surface area (Å²) in [5.41, 5.74) is 5.14. The number of sulfonamides is 1. The summed E-state index contributed by atoms with van der Waals surface area (Å²) >= 11 is 3.36. The van der Waals surface area contributed by atoms with Gasteiger partial charge in [0.2, 0.25) is 0 Å². The van der Waals surface area contributed by atoms with E-state index < -0.39 is 15.9 Å². The van der Waals surface area contributed by atoms with E-state index in [0.717, 1.165) is 47.0 Å². The lowest BCUT2D eigenvalue weighted by Gasteiger charge is -2.27. The molecule has 1 fully saturated rings. The van der Waals surface area contributed by atoms with E-state index in [1.165, 1.54) is 17.7 Å². The number of carbonyl (C=O) groups excluding carboxylic acids is 1. The van der Waals surface area contributed by atoms with Crippen LogP contribution in [0.3, 0.4) is 0 Å². The lowest BCUT2D eigenvalue weighted by atomic mass is 10.1. The lowest BCUT2D eigenvalue weighted by Crippen LogP contribution is -2.40. The summed E-state index contributed by atoms with van der Waals surface area (Å²) in [7, 11) is -3.94. The molecule has 7 nitrogen and oxygen atoms in total. The fourth-order valence-electron chi connectivity index (χ4n) is 3.87. The minimum absolute atomic E-state index is 0.118. The Morgan fingerprint density at radius 2 is 1.51 bits per heavy atom. The van der Waals surface area contributed by atoms with Crippen LogP contribution >= 0.6 is 15.9 Å². The summed E-state index contributed by atoms with van der Waals surface area (Å²) < 4.78 is 28.6. The minimum Gasteiger partial charge on any atom is -0.298 e. The third-order valence-corrected chi connectivity index (χ3v) is 8.07. The van der Waals surface area contributed by atoms with E-state index in [4.69, 9.17) is 0 Å². The number of carbonyl (C=O) groups is 1. The number of hydrogen-bond acceptors (Lipinski definition) is 5. The summed E-state index contributed by atoms with van der Waals surface area (Å²) in [5.74, 6) is -0.494. The van der Waals surface area contributed by atoms with Gasteiger partial charge in [-0.05, 0) is 42.0 Å². The van der Waals surface area contributed by atoms with Gasteiger partial charge in [-0.2, -0.15) is 5.10 Å². The Kier molecular flexibility index (Phi) is 8.33. The number of benzene rings is 3. The first-order valence-electron chi connectivity index (χ1n) is 11.4. The molecule has 1 saturated heterocycles. The average molecular weight is 555 g/mol. The van der Waals surface area contributed by atoms with E-state index in [1.54, 1.807) is 42.5 Å². The van der Waals surface area contributed by atoms with Crippen molar-refractivity contribution < 1.29 is 13.2 Å². The van der Waals surface area contributed by atoms with Crippen LogP contribution in [-0.4, -0.2) is 44.6 Å². The van der Waals surface area contributed by atoms with Gasteiger partial charge in [0.1, 0.15) is 6.54 Å². The quantitative estimate of drug-likeness (QED) is 0.418. The summed E-state index contributed by atoms with van der Waals surface area (Å²) in [5, 5.41) is 4.30. The molecular formula is C26H27BrN4O3S. The number of anilines is 1. The van der Waals surface area contributed by atoms with Crippen molar-refractivity contribution >= 4 is 43.3 Å². The van der Waals surface area contributed by atoms with Crippen molar-refractivity contribution in [1.82, 2.24) is 10.3 Å². The number of rotatable bonds is 8.